The molecule has 0 spiro atoms. The normalized spacial score (nSPS) is 11.6. The number of aromatic nitrogens is 5. The largest absolute Gasteiger partial charge is 0.486 e. The Labute approximate surface area is 242 Å². The highest BCUT2D eigenvalue weighted by Crippen LogP contribution is 2.34. The number of rotatable bonds is 8. The smallest absolute Gasteiger partial charge is 0.421 e. The number of ether oxygens (including phenoxy) is 1. The number of aromatic amines is 1. The number of pyridine rings is 3. The SMILES string of the molecule is CC(=O)NCc1cn[nH]c1-c1cc(C)nc2c(OCc3c(Cl)ccnc3Cn3cccc(C(F)(F)F)c3=O)cccc12. The summed E-state index contributed by atoms with van der Waals surface area (Å²) in [5.41, 5.74) is 1.84. The third-order valence-electron chi connectivity index (χ3n) is 6.55. The standard InChI is InChI=1S/C29H24ClF3N6O3/c1-16-11-20(26-18(13-36-38-26)12-35-17(2)40)19-5-3-7-25(27(19)37-16)42-15-21-23(30)8-9-34-24(21)14-39-10-4-6-22(28(39)41)29(31,32)33/h3-11,13H,12,14-15H2,1-2H3,(H,35,40)(H,36,38). The first-order valence-electron chi connectivity index (χ1n) is 12.7. The van der Waals surface area contributed by atoms with Crippen molar-refractivity contribution in [2.24, 2.45) is 0 Å². The maximum atomic E-state index is 13.3. The summed E-state index contributed by atoms with van der Waals surface area (Å²) in [5.74, 6) is 0.266. The molecule has 0 fully saturated rings. The molecule has 216 valence electrons. The van der Waals surface area contributed by atoms with Crippen LogP contribution in [0.3, 0.4) is 0 Å². The molecule has 0 aliphatic heterocycles. The first-order valence-corrected chi connectivity index (χ1v) is 13.1. The molecule has 2 N–H and O–H groups in total. The molecule has 9 nitrogen and oxygen atoms in total. The number of nitrogens with one attached hydrogen (secondary N) is 2. The lowest BCUT2D eigenvalue weighted by atomic mass is 10.0. The molecular formula is C29H24ClF3N6O3. The highest BCUT2D eigenvalue weighted by Gasteiger charge is 2.34. The van der Waals surface area contributed by atoms with Gasteiger partial charge in [-0.15, -0.1) is 0 Å². The van der Waals surface area contributed by atoms with Crippen molar-refractivity contribution in [3.63, 3.8) is 0 Å². The van der Waals surface area contributed by atoms with E-state index in [4.69, 9.17) is 16.3 Å². The van der Waals surface area contributed by atoms with Gasteiger partial charge in [0.05, 0.1) is 29.2 Å². The highest BCUT2D eigenvalue weighted by molar-refractivity contribution is 6.31. The number of hydrogen-bond acceptors (Lipinski definition) is 6. The lowest BCUT2D eigenvalue weighted by Crippen LogP contribution is -2.28. The second kappa shape index (κ2) is 11.6. The van der Waals surface area contributed by atoms with Crippen molar-refractivity contribution in [3.8, 4) is 17.0 Å². The van der Waals surface area contributed by atoms with Crippen molar-refractivity contribution < 1.29 is 22.7 Å². The third kappa shape index (κ3) is 5.98. The summed E-state index contributed by atoms with van der Waals surface area (Å²) in [6.45, 7) is 3.24. The van der Waals surface area contributed by atoms with Crippen LogP contribution < -0.4 is 15.6 Å². The molecule has 1 amide bonds. The molecule has 0 atom stereocenters. The van der Waals surface area contributed by atoms with Crippen molar-refractivity contribution in [2.75, 3.05) is 0 Å². The van der Waals surface area contributed by atoms with E-state index in [9.17, 15) is 22.8 Å². The Morgan fingerprint density at radius 2 is 2.00 bits per heavy atom. The minimum absolute atomic E-state index is 0.0857. The van der Waals surface area contributed by atoms with Crippen LogP contribution in [0.5, 0.6) is 5.75 Å². The number of alkyl halides is 3. The van der Waals surface area contributed by atoms with Gasteiger partial charge < -0.3 is 14.6 Å². The zero-order valence-electron chi connectivity index (χ0n) is 22.4. The molecule has 42 heavy (non-hydrogen) atoms. The Bertz CT molecular complexity index is 1850. The van der Waals surface area contributed by atoms with Crippen LogP contribution in [0.4, 0.5) is 13.2 Å². The molecule has 0 aliphatic rings. The second-order valence-corrected chi connectivity index (χ2v) is 9.91. The van der Waals surface area contributed by atoms with Crippen LogP contribution in [0.2, 0.25) is 5.02 Å². The van der Waals surface area contributed by atoms with Gasteiger partial charge in [-0.05, 0) is 37.3 Å². The summed E-state index contributed by atoms with van der Waals surface area (Å²) in [6, 6.07) is 10.8. The number of amides is 1. The van der Waals surface area contributed by atoms with Crippen molar-refractivity contribution in [2.45, 2.75) is 39.7 Å². The van der Waals surface area contributed by atoms with E-state index in [1.165, 1.54) is 25.4 Å². The van der Waals surface area contributed by atoms with Gasteiger partial charge >= 0.3 is 6.18 Å². The first kappa shape index (κ1) is 28.8. The Balaban J connectivity index is 1.48. The monoisotopic (exact) mass is 596 g/mol. The lowest BCUT2D eigenvalue weighted by Gasteiger charge is -2.16. The maximum absolute atomic E-state index is 13.3. The third-order valence-corrected chi connectivity index (χ3v) is 6.91. The van der Waals surface area contributed by atoms with Crippen LogP contribution >= 0.6 is 11.6 Å². The number of carbonyl (C=O) groups excluding carboxylic acids is 1. The summed E-state index contributed by atoms with van der Waals surface area (Å²) in [4.78, 5) is 33.0. The van der Waals surface area contributed by atoms with Crippen LogP contribution in [0.25, 0.3) is 22.2 Å². The summed E-state index contributed by atoms with van der Waals surface area (Å²) < 4.78 is 47.0. The molecule has 0 bridgehead atoms. The number of fused-ring (bicyclic) bond motifs is 1. The van der Waals surface area contributed by atoms with E-state index >= 15 is 0 Å². The van der Waals surface area contributed by atoms with E-state index in [0.29, 0.717) is 22.5 Å². The van der Waals surface area contributed by atoms with E-state index in [0.717, 1.165) is 38.9 Å². The number of halogens is 4. The van der Waals surface area contributed by atoms with E-state index < -0.39 is 17.3 Å². The maximum Gasteiger partial charge on any atom is 0.421 e. The molecule has 0 saturated heterocycles. The van der Waals surface area contributed by atoms with Gasteiger partial charge in [0.2, 0.25) is 5.91 Å². The molecule has 1 aromatic carbocycles. The number of para-hydroxylation sites is 1. The minimum Gasteiger partial charge on any atom is -0.486 e. The van der Waals surface area contributed by atoms with Crippen molar-refractivity contribution in [3.05, 3.63) is 105 Å². The van der Waals surface area contributed by atoms with E-state index in [-0.39, 0.29) is 36.3 Å². The van der Waals surface area contributed by atoms with Gasteiger partial charge in [-0.25, -0.2) is 4.98 Å². The zero-order valence-corrected chi connectivity index (χ0v) is 23.2. The van der Waals surface area contributed by atoms with Crippen LogP contribution in [-0.4, -0.2) is 30.6 Å². The summed E-state index contributed by atoms with van der Waals surface area (Å²) >= 11 is 6.47. The van der Waals surface area contributed by atoms with Gasteiger partial charge in [0.25, 0.3) is 5.56 Å². The number of H-pyrrole nitrogens is 1. The van der Waals surface area contributed by atoms with E-state index in [2.05, 4.69) is 25.5 Å². The topological polar surface area (TPSA) is 115 Å². The van der Waals surface area contributed by atoms with E-state index in [1.807, 2.05) is 19.1 Å². The first-order chi connectivity index (χ1) is 20.0. The average molecular weight is 597 g/mol. The van der Waals surface area contributed by atoms with Crippen molar-refractivity contribution in [1.29, 1.82) is 0 Å². The molecule has 5 aromatic rings. The number of benzene rings is 1. The van der Waals surface area contributed by atoms with Crippen LogP contribution in [0.15, 0.2) is 65.8 Å². The summed E-state index contributed by atoms with van der Waals surface area (Å²) in [6.07, 6.45) is -0.459. The summed E-state index contributed by atoms with van der Waals surface area (Å²) in [7, 11) is 0. The van der Waals surface area contributed by atoms with Crippen molar-refractivity contribution >= 4 is 28.4 Å². The molecule has 4 aromatic heterocycles. The van der Waals surface area contributed by atoms with Crippen LogP contribution in [0.1, 0.15) is 35.0 Å². The Morgan fingerprint density at radius 1 is 1.19 bits per heavy atom. The number of carbonyl (C=O) groups is 1. The van der Waals surface area contributed by atoms with Crippen LogP contribution in [0, 0.1) is 6.92 Å². The zero-order chi connectivity index (χ0) is 30.0. The fourth-order valence-corrected chi connectivity index (χ4v) is 4.78. The second-order valence-electron chi connectivity index (χ2n) is 9.50. The Kier molecular flexibility index (Phi) is 7.99. The molecule has 0 aliphatic carbocycles. The highest BCUT2D eigenvalue weighted by atomic mass is 35.5. The predicted octanol–water partition coefficient (Wildman–Crippen LogP) is 5.43. The van der Waals surface area contributed by atoms with Gasteiger partial charge in [0.1, 0.15) is 23.4 Å². The Hall–Kier alpha value is -4.71. The molecule has 13 heteroatoms. The van der Waals surface area contributed by atoms with E-state index in [1.54, 1.807) is 18.3 Å². The fraction of sp³-hybridized carbons (Fsp3) is 0.207. The summed E-state index contributed by atoms with van der Waals surface area (Å²) in [5, 5.41) is 11.0. The van der Waals surface area contributed by atoms with Crippen molar-refractivity contribution in [1.82, 2.24) is 30.0 Å². The molecule has 0 unspecified atom stereocenters. The lowest BCUT2D eigenvalue weighted by molar-refractivity contribution is -0.139. The van der Waals surface area contributed by atoms with Gasteiger partial charge in [0.15, 0.2) is 0 Å². The minimum atomic E-state index is -4.78. The van der Waals surface area contributed by atoms with Gasteiger partial charge in [-0.1, -0.05) is 23.7 Å². The quantitative estimate of drug-likeness (QED) is 0.247. The molecule has 5 rings (SSSR count). The number of nitrogens with zero attached hydrogens (tertiary/aromatic N) is 4. The molecule has 0 radical (unpaired) electrons. The number of aryl methyl sites for hydroxylation is 1. The Morgan fingerprint density at radius 3 is 2.76 bits per heavy atom. The average Bonchev–Trinajstić information content (AvgIpc) is 3.40. The molecular weight excluding hydrogens is 573 g/mol. The molecule has 4 heterocycles. The van der Waals surface area contributed by atoms with Gasteiger partial charge in [0, 0.05) is 53.6 Å². The van der Waals surface area contributed by atoms with Gasteiger partial charge in [-0.2, -0.15) is 18.3 Å². The number of hydrogen-bond donors (Lipinski definition) is 2. The molecule has 0 saturated carbocycles. The fourth-order valence-electron chi connectivity index (χ4n) is 4.56. The van der Waals surface area contributed by atoms with Crippen LogP contribution in [-0.2, 0) is 30.7 Å². The van der Waals surface area contributed by atoms with Gasteiger partial charge in [-0.3, -0.25) is 19.7 Å². The predicted molar refractivity (Wildman–Crippen MR) is 150 cm³/mol.